The molecule has 0 atom stereocenters. The van der Waals surface area contributed by atoms with E-state index in [1.807, 2.05) is 12.2 Å². The number of benzene rings is 1. The van der Waals surface area contributed by atoms with E-state index in [1.165, 1.54) is 11.0 Å². The summed E-state index contributed by atoms with van der Waals surface area (Å²) in [5.41, 5.74) is -0.903. The van der Waals surface area contributed by atoms with Crippen molar-refractivity contribution < 1.29 is 18.0 Å². The van der Waals surface area contributed by atoms with Crippen molar-refractivity contribution in [1.82, 2.24) is 4.90 Å². The normalized spacial score (nSPS) is 14.8. The minimum Gasteiger partial charge on any atom is -0.317 e. The predicted octanol–water partition coefficient (Wildman–Crippen LogP) is 3.76. The average Bonchev–Trinajstić information content (AvgIpc) is 2.83. The first-order valence-corrected chi connectivity index (χ1v) is 5.83. The molecule has 0 spiro atoms. The number of halogens is 4. The number of hydrogen-bond acceptors (Lipinski definition) is 1. The molecule has 2 amide bonds. The Hall–Kier alpha value is -1.69. The number of rotatable bonds is 1. The second-order valence-electron chi connectivity index (χ2n) is 4.00. The number of nitrogens with zero attached hydrogens (tertiary/aromatic N) is 1. The van der Waals surface area contributed by atoms with Crippen molar-refractivity contribution >= 4 is 23.3 Å². The Morgan fingerprint density at radius 2 is 1.89 bits per heavy atom. The molecular formula is C12H10ClF3N2O. The first kappa shape index (κ1) is 13.7. The monoisotopic (exact) mass is 290 g/mol. The molecule has 1 aliphatic heterocycles. The Morgan fingerprint density at radius 3 is 2.47 bits per heavy atom. The number of carbonyl (C=O) groups excluding carboxylic acids is 1. The molecule has 3 nitrogen and oxygen atoms in total. The van der Waals surface area contributed by atoms with Gasteiger partial charge >= 0.3 is 12.2 Å². The highest BCUT2D eigenvalue weighted by atomic mass is 35.5. The van der Waals surface area contributed by atoms with E-state index in [4.69, 9.17) is 11.6 Å². The van der Waals surface area contributed by atoms with Crippen LogP contribution in [0.5, 0.6) is 0 Å². The molecule has 0 unspecified atom stereocenters. The maximum absolute atomic E-state index is 12.6. The highest BCUT2D eigenvalue weighted by Crippen LogP contribution is 2.36. The summed E-state index contributed by atoms with van der Waals surface area (Å²) in [5.74, 6) is 0. The maximum atomic E-state index is 12.6. The molecule has 1 heterocycles. The lowest BCUT2D eigenvalue weighted by Crippen LogP contribution is -2.32. The van der Waals surface area contributed by atoms with Gasteiger partial charge in [0.2, 0.25) is 0 Å². The lowest BCUT2D eigenvalue weighted by Gasteiger charge is -2.17. The van der Waals surface area contributed by atoms with Crippen molar-refractivity contribution in [2.45, 2.75) is 6.18 Å². The third-order valence-corrected chi connectivity index (χ3v) is 2.96. The summed E-state index contributed by atoms with van der Waals surface area (Å²) < 4.78 is 37.9. The topological polar surface area (TPSA) is 32.3 Å². The lowest BCUT2D eigenvalue weighted by atomic mass is 10.2. The van der Waals surface area contributed by atoms with Gasteiger partial charge in [0.15, 0.2) is 0 Å². The molecule has 7 heteroatoms. The molecular weight excluding hydrogens is 281 g/mol. The second-order valence-corrected chi connectivity index (χ2v) is 4.41. The van der Waals surface area contributed by atoms with Crippen LogP contribution in [0.15, 0.2) is 30.4 Å². The zero-order chi connectivity index (χ0) is 14.0. The van der Waals surface area contributed by atoms with E-state index >= 15 is 0 Å². The van der Waals surface area contributed by atoms with Gasteiger partial charge in [-0.05, 0) is 18.2 Å². The van der Waals surface area contributed by atoms with Crippen LogP contribution in [0, 0.1) is 0 Å². The van der Waals surface area contributed by atoms with Gasteiger partial charge in [0.05, 0.1) is 10.6 Å². The molecule has 0 aliphatic carbocycles. The van der Waals surface area contributed by atoms with E-state index in [2.05, 4.69) is 5.32 Å². The largest absolute Gasteiger partial charge is 0.417 e. The molecule has 1 aromatic carbocycles. The van der Waals surface area contributed by atoms with E-state index in [1.54, 1.807) is 0 Å². The fraction of sp³-hybridized carbons (Fsp3) is 0.250. The number of urea groups is 1. The van der Waals surface area contributed by atoms with Gasteiger partial charge in [-0.15, -0.1) is 0 Å². The molecule has 0 saturated carbocycles. The lowest BCUT2D eigenvalue weighted by molar-refractivity contribution is -0.137. The summed E-state index contributed by atoms with van der Waals surface area (Å²) in [6.45, 7) is 0.900. The number of amides is 2. The molecule has 19 heavy (non-hydrogen) atoms. The summed E-state index contributed by atoms with van der Waals surface area (Å²) >= 11 is 5.49. The zero-order valence-corrected chi connectivity index (χ0v) is 10.4. The summed E-state index contributed by atoms with van der Waals surface area (Å²) in [5, 5.41) is 2.02. The zero-order valence-electron chi connectivity index (χ0n) is 9.67. The highest BCUT2D eigenvalue weighted by Gasteiger charge is 2.33. The van der Waals surface area contributed by atoms with Gasteiger partial charge in [-0.25, -0.2) is 4.79 Å². The van der Waals surface area contributed by atoms with Gasteiger partial charge < -0.3 is 10.2 Å². The van der Waals surface area contributed by atoms with Crippen LogP contribution >= 0.6 is 11.6 Å². The van der Waals surface area contributed by atoms with Crippen molar-refractivity contribution in [3.8, 4) is 0 Å². The molecule has 1 aromatic rings. The van der Waals surface area contributed by atoms with Crippen molar-refractivity contribution in [2.75, 3.05) is 18.4 Å². The van der Waals surface area contributed by atoms with E-state index in [-0.39, 0.29) is 5.69 Å². The number of hydrogen-bond donors (Lipinski definition) is 1. The molecule has 0 bridgehead atoms. The molecule has 102 valence electrons. The van der Waals surface area contributed by atoms with Crippen LogP contribution < -0.4 is 5.32 Å². The van der Waals surface area contributed by atoms with Gasteiger partial charge in [-0.1, -0.05) is 23.8 Å². The standard InChI is InChI=1S/C12H10ClF3N2O/c13-10-4-3-8(7-9(10)12(14,15)16)17-11(19)18-5-1-2-6-18/h1-4,7H,5-6H2,(H,17,19). The van der Waals surface area contributed by atoms with Gasteiger partial charge in [0.1, 0.15) is 0 Å². The molecule has 1 N–H and O–H groups in total. The van der Waals surface area contributed by atoms with Crippen LogP contribution in [-0.2, 0) is 6.18 Å². The van der Waals surface area contributed by atoms with Crippen LogP contribution in [0.4, 0.5) is 23.7 Å². The Kier molecular flexibility index (Phi) is 3.71. The van der Waals surface area contributed by atoms with Crippen LogP contribution in [0.25, 0.3) is 0 Å². The van der Waals surface area contributed by atoms with Gasteiger partial charge in [-0.3, -0.25) is 0 Å². The van der Waals surface area contributed by atoms with Crippen molar-refractivity contribution in [1.29, 1.82) is 0 Å². The van der Waals surface area contributed by atoms with E-state index in [0.29, 0.717) is 13.1 Å². The summed E-state index contributed by atoms with van der Waals surface area (Å²) in [4.78, 5) is 13.2. The Bertz CT molecular complexity index is 520. The predicted molar refractivity (Wildman–Crippen MR) is 66.2 cm³/mol. The first-order chi connectivity index (χ1) is 8.88. The highest BCUT2D eigenvalue weighted by molar-refractivity contribution is 6.31. The fourth-order valence-corrected chi connectivity index (χ4v) is 1.89. The summed E-state index contributed by atoms with van der Waals surface area (Å²) in [6, 6.07) is 2.82. The van der Waals surface area contributed by atoms with Crippen molar-refractivity contribution in [3.05, 3.63) is 40.9 Å². The smallest absolute Gasteiger partial charge is 0.317 e. The minimum absolute atomic E-state index is 0.0635. The van der Waals surface area contributed by atoms with Crippen LogP contribution in [0.2, 0.25) is 5.02 Å². The van der Waals surface area contributed by atoms with Gasteiger partial charge in [-0.2, -0.15) is 13.2 Å². The van der Waals surface area contributed by atoms with Crippen LogP contribution in [0.1, 0.15) is 5.56 Å². The molecule has 2 rings (SSSR count). The second kappa shape index (κ2) is 5.13. The Balaban J connectivity index is 2.15. The third-order valence-electron chi connectivity index (χ3n) is 2.63. The average molecular weight is 291 g/mol. The summed E-state index contributed by atoms with van der Waals surface area (Å²) in [6.07, 6.45) is -0.932. The molecule has 0 fully saturated rings. The van der Waals surface area contributed by atoms with Gasteiger partial charge in [0, 0.05) is 18.8 Å². The maximum Gasteiger partial charge on any atom is 0.417 e. The van der Waals surface area contributed by atoms with Crippen LogP contribution in [0.3, 0.4) is 0 Å². The number of alkyl halides is 3. The van der Waals surface area contributed by atoms with E-state index in [9.17, 15) is 18.0 Å². The number of anilines is 1. The van der Waals surface area contributed by atoms with Crippen LogP contribution in [-0.4, -0.2) is 24.0 Å². The number of nitrogens with one attached hydrogen (secondary N) is 1. The molecule has 0 radical (unpaired) electrons. The quantitative estimate of drug-likeness (QED) is 0.785. The third kappa shape index (κ3) is 3.20. The molecule has 0 saturated heterocycles. The Morgan fingerprint density at radius 1 is 1.26 bits per heavy atom. The Labute approximate surface area is 112 Å². The SMILES string of the molecule is O=C(Nc1ccc(Cl)c(C(F)(F)F)c1)N1CC=CC1. The molecule has 1 aliphatic rings. The van der Waals surface area contributed by atoms with Gasteiger partial charge in [0.25, 0.3) is 0 Å². The van der Waals surface area contributed by atoms with E-state index in [0.717, 1.165) is 12.1 Å². The van der Waals surface area contributed by atoms with Crippen molar-refractivity contribution in [2.24, 2.45) is 0 Å². The van der Waals surface area contributed by atoms with Crippen molar-refractivity contribution in [3.63, 3.8) is 0 Å². The van der Waals surface area contributed by atoms with E-state index < -0.39 is 22.8 Å². The number of carbonyl (C=O) groups is 1. The first-order valence-electron chi connectivity index (χ1n) is 5.45. The summed E-state index contributed by atoms with van der Waals surface area (Å²) in [7, 11) is 0. The minimum atomic E-state index is -4.55. The molecule has 0 aromatic heterocycles. The fourth-order valence-electron chi connectivity index (χ4n) is 1.67.